The molecule has 1 fully saturated rings. The Morgan fingerprint density at radius 3 is 2.56 bits per heavy atom. The van der Waals surface area contributed by atoms with Crippen molar-refractivity contribution in [2.45, 2.75) is 30.3 Å². The molecule has 0 radical (unpaired) electrons. The van der Waals surface area contributed by atoms with E-state index in [0.29, 0.717) is 25.2 Å². The van der Waals surface area contributed by atoms with Crippen LogP contribution in [0.4, 0.5) is 4.39 Å². The largest absolute Gasteiger partial charge is 0.248 e. The van der Waals surface area contributed by atoms with Crippen LogP contribution in [0, 0.1) is 5.82 Å². The fraction of sp³-hybridized carbons (Fsp3) is 0.263. The van der Waals surface area contributed by atoms with Crippen molar-refractivity contribution in [3.8, 4) is 0 Å². The van der Waals surface area contributed by atoms with Gasteiger partial charge < -0.3 is 0 Å². The van der Waals surface area contributed by atoms with Crippen molar-refractivity contribution in [2.24, 2.45) is 0 Å². The highest BCUT2D eigenvalue weighted by atomic mass is 32.2. The van der Waals surface area contributed by atoms with Crippen molar-refractivity contribution in [3.05, 3.63) is 77.9 Å². The summed E-state index contributed by atoms with van der Waals surface area (Å²) in [6.45, 7) is 0.987. The molecule has 1 aliphatic rings. The Labute approximate surface area is 157 Å². The lowest BCUT2D eigenvalue weighted by Gasteiger charge is -2.22. The maximum atomic E-state index is 13.1. The first-order valence-corrected chi connectivity index (χ1v) is 10.2. The molecule has 8 heteroatoms. The normalized spacial score (nSPS) is 18.0. The predicted octanol–water partition coefficient (Wildman–Crippen LogP) is 2.99. The number of halogens is 1. The predicted molar refractivity (Wildman–Crippen MR) is 97.8 cm³/mol. The first-order chi connectivity index (χ1) is 13.0. The second-order valence-electron chi connectivity index (χ2n) is 6.55. The molecule has 0 aliphatic carbocycles. The summed E-state index contributed by atoms with van der Waals surface area (Å²) < 4.78 is 42.3. The van der Waals surface area contributed by atoms with E-state index in [9.17, 15) is 12.8 Å². The summed E-state index contributed by atoms with van der Waals surface area (Å²) in [6.07, 6.45) is 3.23. The van der Waals surface area contributed by atoms with Gasteiger partial charge in [0.25, 0.3) is 0 Å². The summed E-state index contributed by atoms with van der Waals surface area (Å²) in [4.78, 5) is 0.0903. The minimum atomic E-state index is -3.71. The van der Waals surface area contributed by atoms with Gasteiger partial charge in [-0.15, -0.1) is 5.10 Å². The number of rotatable bonds is 5. The van der Waals surface area contributed by atoms with Crippen LogP contribution in [0.3, 0.4) is 0 Å². The average Bonchev–Trinajstić information content (AvgIpc) is 3.32. The van der Waals surface area contributed by atoms with Gasteiger partial charge in [0.15, 0.2) is 0 Å². The summed E-state index contributed by atoms with van der Waals surface area (Å²) in [5.41, 5.74) is 1.73. The number of hydrogen-bond donors (Lipinski definition) is 0. The molecule has 1 aliphatic heterocycles. The fourth-order valence-electron chi connectivity index (χ4n) is 3.38. The van der Waals surface area contributed by atoms with Crippen LogP contribution in [-0.2, 0) is 16.6 Å². The lowest BCUT2D eigenvalue weighted by molar-refractivity contribution is 0.390. The number of nitrogens with zero attached hydrogens (tertiary/aromatic N) is 4. The summed E-state index contributed by atoms with van der Waals surface area (Å²) in [7, 11) is -3.71. The standard InChI is InChI=1S/C19H19FN4O2S/c20-16-8-10-17(11-9-16)27(25,26)24-12-4-7-19(24)18-14-23(22-21-18)13-15-5-2-1-3-6-15/h1-3,5-6,8-11,14,19H,4,7,12-13H2/t19-/m0/s1. The van der Waals surface area contributed by atoms with E-state index in [1.54, 1.807) is 10.9 Å². The highest BCUT2D eigenvalue weighted by Crippen LogP contribution is 2.35. The minimum absolute atomic E-state index is 0.0903. The van der Waals surface area contributed by atoms with Crippen molar-refractivity contribution in [1.29, 1.82) is 0 Å². The molecule has 1 atom stereocenters. The molecule has 4 rings (SSSR count). The van der Waals surface area contributed by atoms with Crippen LogP contribution < -0.4 is 0 Å². The van der Waals surface area contributed by atoms with Crippen molar-refractivity contribution in [3.63, 3.8) is 0 Å². The molecule has 3 aromatic rings. The zero-order valence-electron chi connectivity index (χ0n) is 14.6. The molecule has 27 heavy (non-hydrogen) atoms. The van der Waals surface area contributed by atoms with E-state index in [1.807, 2.05) is 30.3 Å². The van der Waals surface area contributed by atoms with Gasteiger partial charge in [0.05, 0.1) is 23.7 Å². The van der Waals surface area contributed by atoms with Crippen molar-refractivity contribution in [2.75, 3.05) is 6.54 Å². The Morgan fingerprint density at radius 2 is 1.81 bits per heavy atom. The van der Waals surface area contributed by atoms with Gasteiger partial charge in [0, 0.05) is 6.54 Å². The van der Waals surface area contributed by atoms with Gasteiger partial charge in [0.1, 0.15) is 11.5 Å². The Balaban J connectivity index is 1.57. The van der Waals surface area contributed by atoms with Gasteiger partial charge >= 0.3 is 0 Å². The third kappa shape index (κ3) is 3.63. The number of sulfonamides is 1. The maximum absolute atomic E-state index is 13.1. The quantitative estimate of drug-likeness (QED) is 0.676. The van der Waals surface area contributed by atoms with E-state index in [-0.39, 0.29) is 10.9 Å². The van der Waals surface area contributed by atoms with Gasteiger partial charge in [-0.25, -0.2) is 17.5 Å². The Kier molecular flexibility index (Phi) is 4.75. The highest BCUT2D eigenvalue weighted by molar-refractivity contribution is 7.89. The summed E-state index contributed by atoms with van der Waals surface area (Å²) in [5.74, 6) is -0.462. The molecule has 1 aromatic heterocycles. The third-order valence-electron chi connectivity index (χ3n) is 4.71. The molecule has 0 amide bonds. The maximum Gasteiger partial charge on any atom is 0.243 e. The molecule has 1 saturated heterocycles. The smallest absolute Gasteiger partial charge is 0.243 e. The van der Waals surface area contributed by atoms with E-state index in [4.69, 9.17) is 0 Å². The molecule has 0 spiro atoms. The molecular weight excluding hydrogens is 367 g/mol. The van der Waals surface area contributed by atoms with Gasteiger partial charge in [0.2, 0.25) is 10.0 Å². The van der Waals surface area contributed by atoms with Crippen LogP contribution >= 0.6 is 0 Å². The lowest BCUT2D eigenvalue weighted by Crippen LogP contribution is -2.30. The Hall–Kier alpha value is -2.58. The van der Waals surface area contributed by atoms with Crippen LogP contribution in [-0.4, -0.2) is 34.3 Å². The molecule has 6 nitrogen and oxygen atoms in total. The Morgan fingerprint density at radius 1 is 1.07 bits per heavy atom. The van der Waals surface area contributed by atoms with Crippen LogP contribution in [0.2, 0.25) is 0 Å². The summed E-state index contributed by atoms with van der Waals surface area (Å²) in [6, 6.07) is 14.4. The number of benzene rings is 2. The minimum Gasteiger partial charge on any atom is -0.248 e. The lowest BCUT2D eigenvalue weighted by atomic mass is 10.2. The van der Waals surface area contributed by atoms with E-state index < -0.39 is 15.8 Å². The zero-order valence-corrected chi connectivity index (χ0v) is 15.4. The van der Waals surface area contributed by atoms with Crippen molar-refractivity contribution < 1.29 is 12.8 Å². The van der Waals surface area contributed by atoms with Gasteiger partial charge in [-0.05, 0) is 42.7 Å². The first-order valence-electron chi connectivity index (χ1n) is 8.75. The number of aromatic nitrogens is 3. The molecule has 0 bridgehead atoms. The van der Waals surface area contributed by atoms with Crippen LogP contribution in [0.1, 0.15) is 30.1 Å². The molecule has 2 heterocycles. The molecule has 140 valence electrons. The molecule has 0 saturated carbocycles. The molecule has 2 aromatic carbocycles. The van der Waals surface area contributed by atoms with E-state index in [2.05, 4.69) is 10.3 Å². The first kappa shape index (κ1) is 17.8. The molecule has 0 N–H and O–H groups in total. The third-order valence-corrected chi connectivity index (χ3v) is 6.63. The number of hydrogen-bond acceptors (Lipinski definition) is 4. The molecular formula is C19H19FN4O2S. The summed E-state index contributed by atoms with van der Waals surface area (Å²) in [5, 5.41) is 8.37. The van der Waals surface area contributed by atoms with E-state index in [0.717, 1.165) is 24.1 Å². The van der Waals surface area contributed by atoms with Crippen molar-refractivity contribution >= 4 is 10.0 Å². The second kappa shape index (κ2) is 7.21. The SMILES string of the molecule is O=S(=O)(c1ccc(F)cc1)N1CCC[C@H]1c1cn(Cc2ccccc2)nn1. The monoisotopic (exact) mass is 386 g/mol. The molecule has 0 unspecified atom stereocenters. The van der Waals surface area contributed by atoms with Crippen LogP contribution in [0.25, 0.3) is 0 Å². The van der Waals surface area contributed by atoms with Gasteiger partial charge in [-0.3, -0.25) is 0 Å². The second-order valence-corrected chi connectivity index (χ2v) is 8.44. The fourth-order valence-corrected chi connectivity index (χ4v) is 5.05. The van der Waals surface area contributed by atoms with Crippen molar-refractivity contribution in [1.82, 2.24) is 19.3 Å². The Bertz CT molecular complexity index is 1020. The van der Waals surface area contributed by atoms with E-state index >= 15 is 0 Å². The van der Waals surface area contributed by atoms with Gasteiger partial charge in [-0.2, -0.15) is 4.31 Å². The average molecular weight is 386 g/mol. The van der Waals surface area contributed by atoms with Crippen LogP contribution in [0.5, 0.6) is 0 Å². The topological polar surface area (TPSA) is 68.1 Å². The van der Waals surface area contributed by atoms with Gasteiger partial charge in [-0.1, -0.05) is 35.5 Å². The highest BCUT2D eigenvalue weighted by Gasteiger charge is 2.37. The summed E-state index contributed by atoms with van der Waals surface area (Å²) >= 11 is 0. The van der Waals surface area contributed by atoms with Crippen LogP contribution in [0.15, 0.2) is 65.7 Å². The zero-order chi connectivity index (χ0) is 18.9. The van der Waals surface area contributed by atoms with E-state index in [1.165, 1.54) is 16.4 Å².